The molecule has 26 heavy (non-hydrogen) atoms. The molecule has 0 unspecified atom stereocenters. The van der Waals surface area contributed by atoms with Gasteiger partial charge in [-0.1, -0.05) is 36.0 Å². The molecule has 0 aliphatic carbocycles. The molecule has 1 amide bonds. The molecule has 1 heterocycles. The number of hydrogen-bond acceptors (Lipinski definition) is 6. The third-order valence-electron chi connectivity index (χ3n) is 3.90. The van der Waals surface area contributed by atoms with Crippen molar-refractivity contribution in [2.45, 2.75) is 5.75 Å². The van der Waals surface area contributed by atoms with Gasteiger partial charge in [-0.15, -0.1) is 0 Å². The lowest BCUT2D eigenvalue weighted by atomic mass is 10.2. The number of carbonyl (C=O) groups is 1. The van der Waals surface area contributed by atoms with Gasteiger partial charge in [-0.25, -0.2) is 0 Å². The van der Waals surface area contributed by atoms with Crippen LogP contribution >= 0.6 is 11.8 Å². The predicted octanol–water partition coefficient (Wildman–Crippen LogP) is 3.35. The Morgan fingerprint density at radius 3 is 2.69 bits per heavy atom. The number of ether oxygens (including phenoxy) is 1. The molecule has 2 aromatic rings. The summed E-state index contributed by atoms with van der Waals surface area (Å²) in [5.74, 6) is 0.964. The van der Waals surface area contributed by atoms with E-state index in [4.69, 9.17) is 4.74 Å². The first-order valence-electron chi connectivity index (χ1n) is 7.95. The zero-order valence-corrected chi connectivity index (χ0v) is 14.9. The molecule has 0 radical (unpaired) electrons. The number of hydrogen-bond donors (Lipinski definition) is 0. The standard InChI is InChI=1S/C18H17N3O4S/c1-25-16-5-3-2-4-15(16)17(22)20-11-10-19-18(20)26-12-13-6-8-14(9-7-13)21(23)24/h2-9H,10-12H2,1H3. The average molecular weight is 371 g/mol. The topological polar surface area (TPSA) is 85.0 Å². The number of aliphatic imine (C=N–C) groups is 1. The zero-order chi connectivity index (χ0) is 18.5. The fourth-order valence-electron chi connectivity index (χ4n) is 2.57. The Morgan fingerprint density at radius 1 is 1.27 bits per heavy atom. The Hall–Kier alpha value is -2.87. The fourth-order valence-corrected chi connectivity index (χ4v) is 3.57. The van der Waals surface area contributed by atoms with E-state index < -0.39 is 4.92 Å². The average Bonchev–Trinajstić information content (AvgIpc) is 3.14. The molecule has 0 bridgehead atoms. The summed E-state index contributed by atoms with van der Waals surface area (Å²) in [5.41, 5.74) is 1.49. The minimum atomic E-state index is -0.425. The summed E-state index contributed by atoms with van der Waals surface area (Å²) >= 11 is 1.44. The van der Waals surface area contributed by atoms with E-state index in [9.17, 15) is 14.9 Å². The molecule has 0 saturated carbocycles. The minimum Gasteiger partial charge on any atom is -0.496 e. The Morgan fingerprint density at radius 2 is 2.00 bits per heavy atom. The smallest absolute Gasteiger partial charge is 0.269 e. The highest BCUT2D eigenvalue weighted by Gasteiger charge is 2.27. The first kappa shape index (κ1) is 17.9. The van der Waals surface area contributed by atoms with Crippen LogP contribution in [0.5, 0.6) is 5.75 Å². The van der Waals surface area contributed by atoms with Crippen molar-refractivity contribution in [2.24, 2.45) is 4.99 Å². The monoisotopic (exact) mass is 371 g/mol. The van der Waals surface area contributed by atoms with Gasteiger partial charge in [0.1, 0.15) is 5.75 Å². The largest absolute Gasteiger partial charge is 0.496 e. The van der Waals surface area contributed by atoms with Crippen LogP contribution in [0.4, 0.5) is 5.69 Å². The molecule has 7 nitrogen and oxygen atoms in total. The number of nitrogens with zero attached hydrogens (tertiary/aromatic N) is 3. The van der Waals surface area contributed by atoms with Crippen LogP contribution in [0.1, 0.15) is 15.9 Å². The summed E-state index contributed by atoms with van der Waals surface area (Å²) in [6.07, 6.45) is 0. The van der Waals surface area contributed by atoms with Gasteiger partial charge in [0.2, 0.25) is 0 Å². The normalized spacial score (nSPS) is 13.4. The molecule has 0 fully saturated rings. The highest BCUT2D eigenvalue weighted by molar-refractivity contribution is 8.13. The number of amides is 1. The van der Waals surface area contributed by atoms with E-state index in [2.05, 4.69) is 4.99 Å². The number of carbonyl (C=O) groups excluding carboxylic acids is 1. The second-order valence-corrected chi connectivity index (χ2v) is 6.48. The Balaban J connectivity index is 1.68. The molecule has 3 rings (SSSR count). The van der Waals surface area contributed by atoms with Crippen molar-refractivity contribution < 1.29 is 14.5 Å². The number of para-hydroxylation sites is 1. The number of non-ortho nitro benzene ring substituents is 1. The van der Waals surface area contributed by atoms with E-state index in [0.717, 1.165) is 5.56 Å². The van der Waals surface area contributed by atoms with Gasteiger partial charge in [-0.2, -0.15) is 0 Å². The van der Waals surface area contributed by atoms with Crippen molar-refractivity contribution in [2.75, 3.05) is 20.2 Å². The summed E-state index contributed by atoms with van der Waals surface area (Å²) in [4.78, 5) is 29.2. The third-order valence-corrected chi connectivity index (χ3v) is 4.98. The number of benzene rings is 2. The van der Waals surface area contributed by atoms with Crippen LogP contribution in [0.15, 0.2) is 53.5 Å². The first-order chi connectivity index (χ1) is 12.6. The van der Waals surface area contributed by atoms with Crippen LogP contribution in [0.3, 0.4) is 0 Å². The molecule has 8 heteroatoms. The number of amidine groups is 1. The lowest BCUT2D eigenvalue weighted by Crippen LogP contribution is -2.33. The lowest BCUT2D eigenvalue weighted by molar-refractivity contribution is -0.384. The summed E-state index contributed by atoms with van der Waals surface area (Å²) in [6, 6.07) is 13.5. The molecule has 0 saturated heterocycles. The van der Waals surface area contributed by atoms with Gasteiger partial charge in [0, 0.05) is 24.4 Å². The van der Waals surface area contributed by atoms with Crippen molar-refractivity contribution in [3.63, 3.8) is 0 Å². The molecule has 1 aliphatic rings. The maximum absolute atomic E-state index is 12.8. The van der Waals surface area contributed by atoms with Crippen LogP contribution in [0.2, 0.25) is 0 Å². The van der Waals surface area contributed by atoms with E-state index in [1.807, 2.05) is 6.07 Å². The van der Waals surface area contributed by atoms with Crippen molar-refractivity contribution in [3.8, 4) is 5.75 Å². The van der Waals surface area contributed by atoms with Crippen LogP contribution in [0.25, 0.3) is 0 Å². The quantitative estimate of drug-likeness (QED) is 0.594. The van der Waals surface area contributed by atoms with E-state index in [0.29, 0.717) is 35.3 Å². The maximum atomic E-state index is 12.8. The predicted molar refractivity (Wildman–Crippen MR) is 101 cm³/mol. The van der Waals surface area contributed by atoms with Gasteiger partial charge in [0.05, 0.1) is 24.1 Å². The SMILES string of the molecule is COc1ccccc1C(=O)N1CCN=C1SCc1ccc([N+](=O)[O-])cc1. The second kappa shape index (κ2) is 8.01. The Labute approximate surface area is 154 Å². The zero-order valence-electron chi connectivity index (χ0n) is 14.1. The van der Waals surface area contributed by atoms with Crippen molar-refractivity contribution in [1.82, 2.24) is 4.90 Å². The van der Waals surface area contributed by atoms with Gasteiger partial charge in [0.15, 0.2) is 5.17 Å². The number of thioether (sulfide) groups is 1. The van der Waals surface area contributed by atoms with E-state index in [1.165, 1.54) is 31.0 Å². The fraction of sp³-hybridized carbons (Fsp3) is 0.222. The number of nitro groups is 1. The van der Waals surface area contributed by atoms with Crippen LogP contribution in [0, 0.1) is 10.1 Å². The summed E-state index contributed by atoms with van der Waals surface area (Å²) in [5, 5.41) is 11.4. The molecule has 2 aromatic carbocycles. The lowest BCUT2D eigenvalue weighted by Gasteiger charge is -2.19. The first-order valence-corrected chi connectivity index (χ1v) is 8.94. The van der Waals surface area contributed by atoms with E-state index in [1.54, 1.807) is 35.2 Å². The second-order valence-electron chi connectivity index (χ2n) is 5.53. The molecule has 0 aromatic heterocycles. The van der Waals surface area contributed by atoms with Gasteiger partial charge in [0.25, 0.3) is 11.6 Å². The van der Waals surface area contributed by atoms with Crippen molar-refractivity contribution in [1.29, 1.82) is 0 Å². The molecule has 0 N–H and O–H groups in total. The summed E-state index contributed by atoms with van der Waals surface area (Å²) in [6.45, 7) is 1.09. The van der Waals surface area contributed by atoms with Gasteiger partial charge in [-0.3, -0.25) is 24.8 Å². The molecular formula is C18H17N3O4S. The Kier molecular flexibility index (Phi) is 5.52. The molecule has 134 valence electrons. The van der Waals surface area contributed by atoms with Crippen LogP contribution in [-0.4, -0.2) is 41.1 Å². The molecular weight excluding hydrogens is 354 g/mol. The molecule has 1 aliphatic heterocycles. The Bertz CT molecular complexity index is 852. The number of rotatable bonds is 5. The van der Waals surface area contributed by atoms with Crippen molar-refractivity contribution >= 4 is 28.5 Å². The van der Waals surface area contributed by atoms with Crippen LogP contribution < -0.4 is 4.74 Å². The minimum absolute atomic E-state index is 0.0601. The van der Waals surface area contributed by atoms with Gasteiger partial charge < -0.3 is 4.74 Å². The van der Waals surface area contributed by atoms with Gasteiger partial charge >= 0.3 is 0 Å². The van der Waals surface area contributed by atoms with E-state index in [-0.39, 0.29) is 11.6 Å². The highest BCUT2D eigenvalue weighted by atomic mass is 32.2. The van der Waals surface area contributed by atoms with Crippen molar-refractivity contribution in [3.05, 3.63) is 69.8 Å². The molecule has 0 spiro atoms. The highest BCUT2D eigenvalue weighted by Crippen LogP contribution is 2.25. The molecule has 0 atom stereocenters. The maximum Gasteiger partial charge on any atom is 0.269 e. The third kappa shape index (κ3) is 3.85. The number of methoxy groups -OCH3 is 1. The van der Waals surface area contributed by atoms with Gasteiger partial charge in [-0.05, 0) is 17.7 Å². The van der Waals surface area contributed by atoms with Crippen LogP contribution in [-0.2, 0) is 5.75 Å². The van der Waals surface area contributed by atoms with E-state index >= 15 is 0 Å². The number of nitro benzene ring substituents is 1. The summed E-state index contributed by atoms with van der Waals surface area (Å²) < 4.78 is 5.27. The summed E-state index contributed by atoms with van der Waals surface area (Å²) in [7, 11) is 1.54.